The Morgan fingerprint density at radius 2 is 2.15 bits per heavy atom. The van der Waals surface area contributed by atoms with Gasteiger partial charge in [-0.25, -0.2) is 0 Å². The van der Waals surface area contributed by atoms with Crippen molar-refractivity contribution in [2.45, 2.75) is 12.8 Å². The van der Waals surface area contributed by atoms with Gasteiger partial charge >= 0.3 is 0 Å². The lowest BCUT2D eigenvalue weighted by atomic mass is 10.0. The first kappa shape index (κ1) is 8.05. The Morgan fingerprint density at radius 1 is 1.38 bits per heavy atom. The van der Waals surface area contributed by atoms with Crippen molar-refractivity contribution in [3.05, 3.63) is 41.5 Å². The maximum Gasteiger partial charge on any atom is 0.221 e. The van der Waals surface area contributed by atoms with Crippen LogP contribution in [0.1, 0.15) is 17.5 Å². The highest BCUT2D eigenvalue weighted by Gasteiger charge is 2.14. The number of nitrogens with two attached hydrogens (primary N) is 1. The molecule has 0 spiro atoms. The van der Waals surface area contributed by atoms with E-state index in [0.717, 1.165) is 12.0 Å². The molecule has 0 atom stereocenters. The van der Waals surface area contributed by atoms with Gasteiger partial charge in [-0.05, 0) is 23.1 Å². The zero-order chi connectivity index (χ0) is 9.26. The number of primary amides is 1. The molecule has 1 amide bonds. The second-order valence-corrected chi connectivity index (χ2v) is 3.23. The average Bonchev–Trinajstić information content (AvgIpc) is 2.48. The Hall–Kier alpha value is -1.57. The molecular formula is C11H11NO. The summed E-state index contributed by atoms with van der Waals surface area (Å²) in [6.07, 6.45) is 3.37. The van der Waals surface area contributed by atoms with Crippen molar-refractivity contribution in [1.29, 1.82) is 0 Å². The number of hydrogen-bond donors (Lipinski definition) is 1. The Bertz CT molecular complexity index is 379. The maximum absolute atomic E-state index is 10.7. The molecule has 1 aromatic rings. The molecule has 66 valence electrons. The van der Waals surface area contributed by atoms with E-state index in [1.165, 1.54) is 11.1 Å². The quantitative estimate of drug-likeness (QED) is 0.723. The molecule has 2 N–H and O–H groups in total. The monoisotopic (exact) mass is 173 g/mol. The van der Waals surface area contributed by atoms with Crippen LogP contribution in [0.2, 0.25) is 0 Å². The molecule has 13 heavy (non-hydrogen) atoms. The molecule has 2 heteroatoms. The Labute approximate surface area is 77.1 Å². The summed E-state index contributed by atoms with van der Waals surface area (Å²) < 4.78 is 0. The molecule has 0 unspecified atom stereocenters. The summed E-state index contributed by atoms with van der Waals surface area (Å²) in [5.41, 5.74) is 8.69. The van der Waals surface area contributed by atoms with Gasteiger partial charge in [-0.2, -0.15) is 0 Å². The minimum Gasteiger partial charge on any atom is -0.369 e. The van der Waals surface area contributed by atoms with E-state index in [0.29, 0.717) is 6.42 Å². The molecule has 0 radical (unpaired) electrons. The van der Waals surface area contributed by atoms with Crippen LogP contribution in [-0.2, 0) is 11.2 Å². The summed E-state index contributed by atoms with van der Waals surface area (Å²) >= 11 is 0. The molecule has 1 aliphatic rings. The average molecular weight is 173 g/mol. The van der Waals surface area contributed by atoms with Gasteiger partial charge < -0.3 is 5.73 Å². The van der Waals surface area contributed by atoms with E-state index in [-0.39, 0.29) is 5.91 Å². The predicted octanol–water partition coefficient (Wildman–Crippen LogP) is 1.50. The normalized spacial score (nSPS) is 13.7. The molecule has 0 saturated heterocycles. The molecule has 1 aliphatic carbocycles. The Balaban J connectivity index is 2.31. The van der Waals surface area contributed by atoms with Gasteiger partial charge in [-0.15, -0.1) is 0 Å². The third-order valence-electron chi connectivity index (χ3n) is 2.30. The largest absolute Gasteiger partial charge is 0.369 e. The van der Waals surface area contributed by atoms with Crippen molar-refractivity contribution in [1.82, 2.24) is 0 Å². The lowest BCUT2D eigenvalue weighted by Gasteiger charge is -2.02. The van der Waals surface area contributed by atoms with Crippen molar-refractivity contribution in [3.8, 4) is 0 Å². The van der Waals surface area contributed by atoms with Crippen LogP contribution in [0.25, 0.3) is 5.57 Å². The van der Waals surface area contributed by atoms with Gasteiger partial charge in [0.2, 0.25) is 5.91 Å². The molecule has 0 saturated carbocycles. The minimum atomic E-state index is -0.261. The number of carbonyl (C=O) groups is 1. The van der Waals surface area contributed by atoms with Gasteiger partial charge in [0.05, 0.1) is 6.42 Å². The van der Waals surface area contributed by atoms with E-state index in [9.17, 15) is 4.79 Å². The van der Waals surface area contributed by atoms with E-state index in [1.807, 2.05) is 18.2 Å². The van der Waals surface area contributed by atoms with Gasteiger partial charge in [0, 0.05) is 0 Å². The summed E-state index contributed by atoms with van der Waals surface area (Å²) in [7, 11) is 0. The highest BCUT2D eigenvalue weighted by Crippen LogP contribution is 2.28. The van der Waals surface area contributed by atoms with Crippen molar-refractivity contribution in [2.24, 2.45) is 5.73 Å². The number of allylic oxidation sites excluding steroid dienone is 1. The fraction of sp³-hybridized carbons (Fsp3) is 0.182. The molecule has 0 bridgehead atoms. The maximum atomic E-state index is 10.7. The van der Waals surface area contributed by atoms with Gasteiger partial charge in [-0.1, -0.05) is 30.3 Å². The van der Waals surface area contributed by atoms with Crippen LogP contribution in [-0.4, -0.2) is 5.91 Å². The van der Waals surface area contributed by atoms with Crippen LogP contribution in [0.15, 0.2) is 30.3 Å². The van der Waals surface area contributed by atoms with Crippen LogP contribution in [0.5, 0.6) is 0 Å². The van der Waals surface area contributed by atoms with Crippen LogP contribution in [0.3, 0.4) is 0 Å². The summed E-state index contributed by atoms with van der Waals surface area (Å²) in [6, 6.07) is 8.12. The van der Waals surface area contributed by atoms with Crippen molar-refractivity contribution >= 4 is 11.5 Å². The SMILES string of the molecule is NC(=O)CC1=CCc2ccccc21. The lowest BCUT2D eigenvalue weighted by molar-refractivity contribution is -0.117. The van der Waals surface area contributed by atoms with Gasteiger partial charge in [0.1, 0.15) is 0 Å². The fourth-order valence-corrected chi connectivity index (χ4v) is 1.71. The summed E-state index contributed by atoms with van der Waals surface area (Å²) in [6.45, 7) is 0. The highest BCUT2D eigenvalue weighted by atomic mass is 16.1. The van der Waals surface area contributed by atoms with E-state index < -0.39 is 0 Å². The van der Waals surface area contributed by atoms with Gasteiger partial charge in [0.25, 0.3) is 0 Å². The second kappa shape index (κ2) is 3.05. The number of hydrogen-bond acceptors (Lipinski definition) is 1. The van der Waals surface area contributed by atoms with Crippen LogP contribution in [0.4, 0.5) is 0 Å². The molecule has 0 aliphatic heterocycles. The first-order chi connectivity index (χ1) is 6.27. The Morgan fingerprint density at radius 3 is 2.92 bits per heavy atom. The fourth-order valence-electron chi connectivity index (χ4n) is 1.71. The third kappa shape index (κ3) is 1.47. The lowest BCUT2D eigenvalue weighted by Crippen LogP contribution is -2.10. The molecule has 1 aromatic carbocycles. The smallest absolute Gasteiger partial charge is 0.221 e. The van der Waals surface area contributed by atoms with Gasteiger partial charge in [-0.3, -0.25) is 4.79 Å². The first-order valence-electron chi connectivity index (χ1n) is 4.33. The number of rotatable bonds is 2. The number of carbonyl (C=O) groups excluding carboxylic acids is 1. The topological polar surface area (TPSA) is 43.1 Å². The third-order valence-corrected chi connectivity index (χ3v) is 2.30. The number of benzene rings is 1. The molecule has 0 fully saturated rings. The second-order valence-electron chi connectivity index (χ2n) is 3.23. The highest BCUT2D eigenvalue weighted by molar-refractivity contribution is 5.89. The zero-order valence-electron chi connectivity index (χ0n) is 7.29. The van der Waals surface area contributed by atoms with E-state index in [2.05, 4.69) is 12.1 Å². The number of amides is 1. The number of fused-ring (bicyclic) bond motifs is 1. The molecular weight excluding hydrogens is 162 g/mol. The standard InChI is InChI=1S/C11H11NO/c12-11(13)7-9-6-5-8-3-1-2-4-10(8)9/h1-4,6H,5,7H2,(H2,12,13). The van der Waals surface area contributed by atoms with Crippen LogP contribution >= 0.6 is 0 Å². The van der Waals surface area contributed by atoms with E-state index in [4.69, 9.17) is 5.73 Å². The summed E-state index contributed by atoms with van der Waals surface area (Å²) in [4.78, 5) is 10.7. The van der Waals surface area contributed by atoms with Crippen molar-refractivity contribution in [2.75, 3.05) is 0 Å². The van der Waals surface area contributed by atoms with Crippen LogP contribution < -0.4 is 5.73 Å². The molecule has 0 heterocycles. The van der Waals surface area contributed by atoms with Crippen molar-refractivity contribution < 1.29 is 4.79 Å². The summed E-state index contributed by atoms with van der Waals surface area (Å²) in [5, 5.41) is 0. The predicted molar refractivity (Wildman–Crippen MR) is 51.9 cm³/mol. The Kier molecular flexibility index (Phi) is 1.89. The van der Waals surface area contributed by atoms with Crippen LogP contribution in [0, 0.1) is 0 Å². The molecule has 0 aromatic heterocycles. The molecule has 2 nitrogen and oxygen atoms in total. The minimum absolute atomic E-state index is 0.261. The van der Waals surface area contributed by atoms with Crippen molar-refractivity contribution in [3.63, 3.8) is 0 Å². The molecule has 2 rings (SSSR count). The van der Waals surface area contributed by atoms with E-state index >= 15 is 0 Å². The zero-order valence-corrected chi connectivity index (χ0v) is 7.29. The summed E-state index contributed by atoms with van der Waals surface area (Å²) in [5.74, 6) is -0.261. The van der Waals surface area contributed by atoms with Gasteiger partial charge in [0.15, 0.2) is 0 Å². The van der Waals surface area contributed by atoms with E-state index in [1.54, 1.807) is 0 Å². The first-order valence-corrected chi connectivity index (χ1v) is 4.33.